The molecule has 0 aromatic carbocycles. The van der Waals surface area contributed by atoms with Crippen LogP contribution in [-0.2, 0) is 10.0 Å². The van der Waals surface area contributed by atoms with Gasteiger partial charge < -0.3 is 5.11 Å². The molecule has 1 amide bonds. The van der Waals surface area contributed by atoms with Gasteiger partial charge in [0.15, 0.2) is 0 Å². The van der Waals surface area contributed by atoms with Crippen molar-refractivity contribution in [2.24, 2.45) is 0 Å². The molecule has 13 heavy (non-hydrogen) atoms. The van der Waals surface area contributed by atoms with E-state index in [4.69, 9.17) is 5.11 Å². The Hall–Kier alpha value is -0.780. The molecular formula is C7H13NO4S. The fourth-order valence-corrected chi connectivity index (χ4v) is 2.74. The predicted molar refractivity (Wildman–Crippen MR) is 47.0 cm³/mol. The lowest BCUT2D eigenvalue weighted by atomic mass is 10.3. The molecule has 1 aliphatic rings. The first-order valence-corrected chi connectivity index (χ1v) is 6.00. The molecule has 5 nitrogen and oxygen atoms in total. The van der Waals surface area contributed by atoms with Gasteiger partial charge in [-0.05, 0) is 12.8 Å². The number of rotatable bonds is 2. The van der Waals surface area contributed by atoms with Gasteiger partial charge in [0.25, 0.3) is 0 Å². The average molecular weight is 207 g/mol. The Morgan fingerprint density at radius 1 is 1.38 bits per heavy atom. The van der Waals surface area contributed by atoms with E-state index in [1.165, 1.54) is 0 Å². The second kappa shape index (κ2) is 3.53. The highest BCUT2D eigenvalue weighted by atomic mass is 32.2. The van der Waals surface area contributed by atoms with Crippen molar-refractivity contribution >= 4 is 16.1 Å². The molecule has 1 N–H and O–H groups in total. The summed E-state index contributed by atoms with van der Waals surface area (Å²) < 4.78 is 22.8. The second-order valence-electron chi connectivity index (χ2n) is 3.28. The Labute approximate surface area is 77.4 Å². The average Bonchev–Trinajstić information content (AvgIpc) is 2.34. The van der Waals surface area contributed by atoms with Gasteiger partial charge in [0, 0.05) is 0 Å². The van der Waals surface area contributed by atoms with Crippen molar-refractivity contribution in [1.29, 1.82) is 0 Å². The summed E-state index contributed by atoms with van der Waals surface area (Å²) in [4.78, 5) is 10.7. The molecule has 0 unspecified atom stereocenters. The number of carboxylic acid groups (broad SMARTS) is 1. The quantitative estimate of drug-likeness (QED) is 0.729. The minimum absolute atomic E-state index is 0.340. The Bertz CT molecular complexity index is 292. The molecule has 0 saturated heterocycles. The topological polar surface area (TPSA) is 74.7 Å². The van der Waals surface area contributed by atoms with E-state index >= 15 is 0 Å². The smallest absolute Gasteiger partial charge is 0.421 e. The van der Waals surface area contributed by atoms with E-state index < -0.39 is 16.1 Å². The minimum atomic E-state index is -3.61. The molecule has 1 aliphatic carbocycles. The van der Waals surface area contributed by atoms with Crippen molar-refractivity contribution in [1.82, 2.24) is 4.31 Å². The lowest BCUT2D eigenvalue weighted by Gasteiger charge is -2.22. The monoisotopic (exact) mass is 207 g/mol. The highest BCUT2D eigenvalue weighted by Gasteiger charge is 2.33. The van der Waals surface area contributed by atoms with Crippen LogP contribution in [0.15, 0.2) is 0 Å². The molecule has 0 aliphatic heterocycles. The molecule has 0 radical (unpaired) electrons. The number of amides is 1. The maximum absolute atomic E-state index is 11.1. The molecule has 0 bridgehead atoms. The molecule has 0 spiro atoms. The van der Waals surface area contributed by atoms with Crippen molar-refractivity contribution in [3.63, 3.8) is 0 Å². The highest BCUT2D eigenvalue weighted by molar-refractivity contribution is 7.88. The van der Waals surface area contributed by atoms with Crippen LogP contribution in [-0.4, -0.2) is 36.2 Å². The van der Waals surface area contributed by atoms with Crippen LogP contribution in [0.5, 0.6) is 0 Å². The summed E-state index contributed by atoms with van der Waals surface area (Å²) in [5, 5.41) is 8.72. The second-order valence-corrected chi connectivity index (χ2v) is 5.14. The van der Waals surface area contributed by atoms with Crippen molar-refractivity contribution in [2.75, 3.05) is 6.26 Å². The Morgan fingerprint density at radius 2 is 1.85 bits per heavy atom. The summed E-state index contributed by atoms with van der Waals surface area (Å²) in [5.74, 6) is 0. The van der Waals surface area contributed by atoms with Crippen LogP contribution >= 0.6 is 0 Å². The van der Waals surface area contributed by atoms with Crippen LogP contribution < -0.4 is 0 Å². The molecule has 0 aromatic heterocycles. The van der Waals surface area contributed by atoms with Gasteiger partial charge in [0.1, 0.15) is 0 Å². The van der Waals surface area contributed by atoms with Gasteiger partial charge in [-0.15, -0.1) is 0 Å². The number of nitrogens with zero attached hydrogens (tertiary/aromatic N) is 1. The molecule has 0 atom stereocenters. The maximum atomic E-state index is 11.1. The molecule has 1 saturated carbocycles. The van der Waals surface area contributed by atoms with Crippen molar-refractivity contribution in [3.05, 3.63) is 0 Å². The lowest BCUT2D eigenvalue weighted by Crippen LogP contribution is -2.41. The molecule has 76 valence electrons. The number of carbonyl (C=O) groups is 1. The summed E-state index contributed by atoms with van der Waals surface area (Å²) >= 11 is 0. The van der Waals surface area contributed by atoms with E-state index in [-0.39, 0.29) is 6.04 Å². The zero-order valence-corrected chi connectivity index (χ0v) is 8.25. The SMILES string of the molecule is CS(=O)(=O)N(C(=O)O)C1CCCC1. The van der Waals surface area contributed by atoms with E-state index in [0.717, 1.165) is 19.1 Å². The first-order chi connectivity index (χ1) is 5.93. The molecule has 1 fully saturated rings. The van der Waals surface area contributed by atoms with E-state index in [0.29, 0.717) is 17.1 Å². The summed E-state index contributed by atoms with van der Waals surface area (Å²) in [5.41, 5.74) is 0. The van der Waals surface area contributed by atoms with Crippen LogP contribution in [0.2, 0.25) is 0 Å². The molecule has 0 aromatic rings. The van der Waals surface area contributed by atoms with Crippen LogP contribution in [0.25, 0.3) is 0 Å². The Balaban J connectivity index is 2.85. The van der Waals surface area contributed by atoms with E-state index in [9.17, 15) is 13.2 Å². The van der Waals surface area contributed by atoms with Crippen LogP contribution in [0, 0.1) is 0 Å². The first kappa shape index (κ1) is 10.3. The summed E-state index contributed by atoms with van der Waals surface area (Å²) in [6.45, 7) is 0. The third kappa shape index (κ3) is 2.33. The van der Waals surface area contributed by atoms with Crippen molar-refractivity contribution in [2.45, 2.75) is 31.7 Å². The third-order valence-electron chi connectivity index (χ3n) is 2.20. The van der Waals surface area contributed by atoms with Gasteiger partial charge in [-0.1, -0.05) is 12.8 Å². The number of hydrogen-bond donors (Lipinski definition) is 1. The summed E-state index contributed by atoms with van der Waals surface area (Å²) in [6, 6.07) is -0.340. The zero-order valence-electron chi connectivity index (χ0n) is 7.43. The van der Waals surface area contributed by atoms with Gasteiger partial charge in [0.05, 0.1) is 12.3 Å². The Kier molecular flexibility index (Phi) is 2.80. The maximum Gasteiger partial charge on any atom is 0.421 e. The molecular weight excluding hydrogens is 194 g/mol. The number of hydrogen-bond acceptors (Lipinski definition) is 3. The molecule has 6 heteroatoms. The van der Waals surface area contributed by atoms with E-state index in [1.54, 1.807) is 0 Å². The Morgan fingerprint density at radius 3 is 2.15 bits per heavy atom. The van der Waals surface area contributed by atoms with Crippen LogP contribution in [0.3, 0.4) is 0 Å². The molecule has 0 heterocycles. The van der Waals surface area contributed by atoms with Crippen molar-refractivity contribution < 1.29 is 18.3 Å². The summed E-state index contributed by atoms with van der Waals surface area (Å²) in [7, 11) is -3.61. The zero-order chi connectivity index (χ0) is 10.1. The third-order valence-corrected chi connectivity index (χ3v) is 3.37. The largest absolute Gasteiger partial charge is 0.464 e. The van der Waals surface area contributed by atoms with Gasteiger partial charge in [-0.3, -0.25) is 0 Å². The minimum Gasteiger partial charge on any atom is -0.464 e. The summed E-state index contributed by atoms with van der Waals surface area (Å²) in [6.07, 6.45) is 2.68. The molecule has 1 rings (SSSR count). The standard InChI is InChI=1S/C7H13NO4S/c1-13(11,12)8(7(9)10)6-4-2-3-5-6/h6H,2-5H2,1H3,(H,9,10). The van der Waals surface area contributed by atoms with Gasteiger partial charge in [-0.2, -0.15) is 0 Å². The van der Waals surface area contributed by atoms with Gasteiger partial charge in [0.2, 0.25) is 10.0 Å². The van der Waals surface area contributed by atoms with E-state index in [1.807, 2.05) is 0 Å². The highest BCUT2D eigenvalue weighted by Crippen LogP contribution is 2.25. The van der Waals surface area contributed by atoms with Crippen LogP contribution in [0.1, 0.15) is 25.7 Å². The fraction of sp³-hybridized carbons (Fsp3) is 0.857. The lowest BCUT2D eigenvalue weighted by molar-refractivity contribution is 0.161. The van der Waals surface area contributed by atoms with Crippen LogP contribution in [0.4, 0.5) is 4.79 Å². The van der Waals surface area contributed by atoms with Gasteiger partial charge >= 0.3 is 6.09 Å². The normalized spacial score (nSPS) is 18.8. The fourth-order valence-electron chi connectivity index (χ4n) is 1.71. The number of sulfonamides is 1. The van der Waals surface area contributed by atoms with E-state index in [2.05, 4.69) is 0 Å². The van der Waals surface area contributed by atoms with Gasteiger partial charge in [-0.25, -0.2) is 17.5 Å². The predicted octanol–water partition coefficient (Wildman–Crippen LogP) is 0.869. The van der Waals surface area contributed by atoms with Crippen molar-refractivity contribution in [3.8, 4) is 0 Å². The first-order valence-electron chi connectivity index (χ1n) is 4.15.